The van der Waals surface area contributed by atoms with E-state index < -0.39 is 0 Å². The fourth-order valence-corrected chi connectivity index (χ4v) is 1.29. The summed E-state index contributed by atoms with van der Waals surface area (Å²) in [6, 6.07) is 0.373. The van der Waals surface area contributed by atoms with Gasteiger partial charge in [0, 0.05) is 25.3 Å². The molecule has 0 aliphatic heterocycles. The second-order valence-electron chi connectivity index (χ2n) is 3.72. The Hall–Kier alpha value is -1.43. The molecule has 0 unspecified atom stereocenters. The summed E-state index contributed by atoms with van der Waals surface area (Å²) >= 11 is 0. The van der Waals surface area contributed by atoms with Crippen LogP contribution in [0.1, 0.15) is 18.5 Å². The molecule has 1 fully saturated rings. The van der Waals surface area contributed by atoms with Crippen molar-refractivity contribution in [1.82, 2.24) is 20.3 Å². The van der Waals surface area contributed by atoms with E-state index in [1.165, 1.54) is 4.68 Å². The molecule has 6 nitrogen and oxygen atoms in total. The highest BCUT2D eigenvalue weighted by molar-refractivity contribution is 5.76. The number of carbonyl (C=O) groups excluding carboxylic acids is 1. The number of aromatic nitrogens is 3. The molecule has 82 valence electrons. The number of amides is 1. The molecule has 1 saturated carbocycles. The highest BCUT2D eigenvalue weighted by Gasteiger charge is 2.23. The van der Waals surface area contributed by atoms with Gasteiger partial charge in [-0.3, -0.25) is 4.79 Å². The standard InChI is InChI=1S/C9H14N4O2/c14-4-3-8-5-13(12-11-8)6-9(15)10-7-1-2-7/h5,7,14H,1-4,6H2,(H,10,15). The van der Waals surface area contributed by atoms with Gasteiger partial charge in [0.15, 0.2) is 0 Å². The van der Waals surface area contributed by atoms with Crippen LogP contribution >= 0.6 is 0 Å². The number of hydrogen-bond donors (Lipinski definition) is 2. The van der Waals surface area contributed by atoms with E-state index in [0.29, 0.717) is 18.2 Å². The lowest BCUT2D eigenvalue weighted by Gasteiger charge is -2.01. The molecular formula is C9H14N4O2. The van der Waals surface area contributed by atoms with Crippen molar-refractivity contribution in [2.45, 2.75) is 31.8 Å². The number of aliphatic hydroxyl groups is 1. The predicted molar refractivity (Wildman–Crippen MR) is 52.0 cm³/mol. The van der Waals surface area contributed by atoms with E-state index in [1.54, 1.807) is 6.20 Å². The molecule has 1 aliphatic carbocycles. The maximum absolute atomic E-state index is 11.4. The van der Waals surface area contributed by atoms with Crippen LogP contribution in [-0.2, 0) is 17.8 Å². The molecule has 1 amide bonds. The molecule has 6 heteroatoms. The molecule has 1 aromatic heterocycles. The van der Waals surface area contributed by atoms with E-state index >= 15 is 0 Å². The first-order valence-electron chi connectivity index (χ1n) is 5.07. The van der Waals surface area contributed by atoms with Gasteiger partial charge in [-0.1, -0.05) is 5.21 Å². The van der Waals surface area contributed by atoms with Crippen LogP contribution in [0.15, 0.2) is 6.20 Å². The van der Waals surface area contributed by atoms with Crippen molar-refractivity contribution < 1.29 is 9.90 Å². The van der Waals surface area contributed by atoms with Crippen LogP contribution in [0.5, 0.6) is 0 Å². The predicted octanol–water partition coefficient (Wildman–Crippen LogP) is -0.909. The van der Waals surface area contributed by atoms with Crippen molar-refractivity contribution in [3.8, 4) is 0 Å². The first-order chi connectivity index (χ1) is 7.28. The molecule has 1 aromatic rings. The largest absolute Gasteiger partial charge is 0.396 e. The van der Waals surface area contributed by atoms with Gasteiger partial charge in [0.25, 0.3) is 0 Å². The molecule has 0 aromatic carbocycles. The van der Waals surface area contributed by atoms with E-state index in [1.807, 2.05) is 0 Å². The minimum Gasteiger partial charge on any atom is -0.396 e. The van der Waals surface area contributed by atoms with Gasteiger partial charge in [-0.05, 0) is 12.8 Å². The molecular weight excluding hydrogens is 196 g/mol. The number of hydrogen-bond acceptors (Lipinski definition) is 4. The molecule has 2 N–H and O–H groups in total. The average Bonchev–Trinajstić information content (AvgIpc) is 2.88. The van der Waals surface area contributed by atoms with E-state index in [-0.39, 0.29) is 19.1 Å². The van der Waals surface area contributed by atoms with Crippen LogP contribution in [0.4, 0.5) is 0 Å². The summed E-state index contributed by atoms with van der Waals surface area (Å²) in [7, 11) is 0. The van der Waals surface area contributed by atoms with E-state index in [9.17, 15) is 4.79 Å². The van der Waals surface area contributed by atoms with Crippen LogP contribution in [0, 0.1) is 0 Å². The summed E-state index contributed by atoms with van der Waals surface area (Å²) in [6.07, 6.45) is 4.32. The summed E-state index contributed by atoms with van der Waals surface area (Å²) in [5.41, 5.74) is 0.705. The van der Waals surface area contributed by atoms with Crippen LogP contribution in [0.3, 0.4) is 0 Å². The van der Waals surface area contributed by atoms with Crippen molar-refractivity contribution in [3.05, 3.63) is 11.9 Å². The third-order valence-corrected chi connectivity index (χ3v) is 2.20. The maximum Gasteiger partial charge on any atom is 0.242 e. The van der Waals surface area contributed by atoms with Crippen molar-refractivity contribution in [1.29, 1.82) is 0 Å². The average molecular weight is 210 g/mol. The molecule has 0 radical (unpaired) electrons. The summed E-state index contributed by atoms with van der Waals surface area (Å²) in [6.45, 7) is 0.252. The zero-order valence-corrected chi connectivity index (χ0v) is 8.39. The number of nitrogens with zero attached hydrogens (tertiary/aromatic N) is 3. The van der Waals surface area contributed by atoms with Crippen molar-refractivity contribution in [2.24, 2.45) is 0 Å². The van der Waals surface area contributed by atoms with Gasteiger partial charge in [0.2, 0.25) is 5.91 Å². The lowest BCUT2D eigenvalue weighted by atomic mass is 10.3. The van der Waals surface area contributed by atoms with Crippen molar-refractivity contribution in [2.75, 3.05) is 6.61 Å². The summed E-state index contributed by atoms with van der Waals surface area (Å²) < 4.78 is 1.49. The Bertz CT molecular complexity index is 346. The normalized spacial score (nSPS) is 15.3. The topological polar surface area (TPSA) is 80.0 Å². The minimum atomic E-state index is -0.0297. The van der Waals surface area contributed by atoms with E-state index in [4.69, 9.17) is 5.11 Å². The third-order valence-electron chi connectivity index (χ3n) is 2.20. The van der Waals surface area contributed by atoms with Crippen molar-refractivity contribution >= 4 is 5.91 Å². The second-order valence-corrected chi connectivity index (χ2v) is 3.72. The monoisotopic (exact) mass is 210 g/mol. The quantitative estimate of drug-likeness (QED) is 0.659. The Morgan fingerprint density at radius 3 is 3.13 bits per heavy atom. The lowest BCUT2D eigenvalue weighted by molar-refractivity contribution is -0.122. The molecule has 15 heavy (non-hydrogen) atoms. The fourth-order valence-electron chi connectivity index (χ4n) is 1.29. The highest BCUT2D eigenvalue weighted by atomic mass is 16.3. The molecule has 1 heterocycles. The summed E-state index contributed by atoms with van der Waals surface area (Å²) in [4.78, 5) is 11.4. The number of carbonyl (C=O) groups is 1. The van der Waals surface area contributed by atoms with Crippen LogP contribution in [-0.4, -0.2) is 38.7 Å². The van der Waals surface area contributed by atoms with Crippen LogP contribution in [0.2, 0.25) is 0 Å². The zero-order chi connectivity index (χ0) is 10.7. The second kappa shape index (κ2) is 4.39. The molecule has 1 aliphatic rings. The molecule has 0 saturated heterocycles. The number of nitrogens with one attached hydrogen (secondary N) is 1. The first kappa shape index (κ1) is 10.1. The Labute approximate surface area is 87.3 Å². The Kier molecular flexibility index (Phi) is 2.96. The van der Waals surface area contributed by atoms with Crippen molar-refractivity contribution in [3.63, 3.8) is 0 Å². The lowest BCUT2D eigenvalue weighted by Crippen LogP contribution is -2.29. The number of aliphatic hydroxyl groups excluding tert-OH is 1. The fraction of sp³-hybridized carbons (Fsp3) is 0.667. The molecule has 0 atom stereocenters. The van der Waals surface area contributed by atoms with Gasteiger partial charge in [0.05, 0.1) is 5.69 Å². The van der Waals surface area contributed by atoms with E-state index in [0.717, 1.165) is 12.8 Å². The molecule has 0 spiro atoms. The van der Waals surface area contributed by atoms with Crippen LogP contribution in [0.25, 0.3) is 0 Å². The Morgan fingerprint density at radius 1 is 1.67 bits per heavy atom. The SMILES string of the molecule is O=C(Cn1cc(CCO)nn1)NC1CC1. The van der Waals surface area contributed by atoms with Gasteiger partial charge in [-0.2, -0.15) is 0 Å². The van der Waals surface area contributed by atoms with Gasteiger partial charge >= 0.3 is 0 Å². The van der Waals surface area contributed by atoms with Gasteiger partial charge in [0.1, 0.15) is 6.54 Å². The Balaban J connectivity index is 1.83. The van der Waals surface area contributed by atoms with Crippen LogP contribution < -0.4 is 5.32 Å². The Morgan fingerprint density at radius 2 is 2.47 bits per heavy atom. The first-order valence-corrected chi connectivity index (χ1v) is 5.07. The highest BCUT2D eigenvalue weighted by Crippen LogP contribution is 2.18. The smallest absolute Gasteiger partial charge is 0.242 e. The van der Waals surface area contributed by atoms with Gasteiger partial charge in [-0.15, -0.1) is 5.10 Å². The van der Waals surface area contributed by atoms with Gasteiger partial charge < -0.3 is 10.4 Å². The third kappa shape index (κ3) is 3.02. The zero-order valence-electron chi connectivity index (χ0n) is 8.39. The minimum absolute atomic E-state index is 0.0297. The van der Waals surface area contributed by atoms with Gasteiger partial charge in [-0.25, -0.2) is 4.68 Å². The van der Waals surface area contributed by atoms with E-state index in [2.05, 4.69) is 15.6 Å². The number of rotatable bonds is 5. The summed E-state index contributed by atoms with van der Waals surface area (Å²) in [5, 5.41) is 19.2. The summed E-state index contributed by atoms with van der Waals surface area (Å²) in [5.74, 6) is -0.0297. The maximum atomic E-state index is 11.4. The molecule has 0 bridgehead atoms. The molecule has 2 rings (SSSR count).